The van der Waals surface area contributed by atoms with Crippen LogP contribution in [-0.4, -0.2) is 21.8 Å². The number of anilines is 2. The summed E-state index contributed by atoms with van der Waals surface area (Å²) < 4.78 is 0. The van der Waals surface area contributed by atoms with Crippen LogP contribution in [0.5, 0.6) is 0 Å². The number of carbonyl (C=O) groups excluding carboxylic acids is 2. The second-order valence-electron chi connectivity index (χ2n) is 5.89. The maximum Gasteiger partial charge on any atom is 0.269 e. The van der Waals surface area contributed by atoms with Crippen LogP contribution in [0.4, 0.5) is 10.8 Å². The van der Waals surface area contributed by atoms with Crippen LogP contribution in [0, 0.1) is 0 Å². The third-order valence-corrected chi connectivity index (χ3v) is 5.83. The van der Waals surface area contributed by atoms with Crippen molar-refractivity contribution in [3.8, 4) is 11.3 Å². The van der Waals surface area contributed by atoms with E-state index in [1.807, 2.05) is 30.5 Å². The number of nitrogens with zero attached hydrogens (tertiary/aromatic N) is 2. The minimum Gasteiger partial charge on any atom is -0.326 e. The number of amides is 2. The first-order chi connectivity index (χ1) is 12.6. The predicted molar refractivity (Wildman–Crippen MR) is 104 cm³/mol. The molecule has 0 saturated carbocycles. The molecule has 1 aliphatic rings. The Labute approximate surface area is 158 Å². The van der Waals surface area contributed by atoms with Crippen LogP contribution in [0.1, 0.15) is 34.3 Å². The lowest BCUT2D eigenvalue weighted by Gasteiger charge is -2.17. The molecule has 2 amide bonds. The highest BCUT2D eigenvalue weighted by molar-refractivity contribution is 7.14. The summed E-state index contributed by atoms with van der Waals surface area (Å²) in [7, 11) is 0. The number of benzene rings is 1. The van der Waals surface area contributed by atoms with Gasteiger partial charge in [-0.2, -0.15) is 0 Å². The number of fused-ring (bicyclic) bond motifs is 1. The highest BCUT2D eigenvalue weighted by Gasteiger charge is 2.17. The Kier molecular flexibility index (Phi) is 4.52. The van der Waals surface area contributed by atoms with Gasteiger partial charge in [0.15, 0.2) is 5.13 Å². The van der Waals surface area contributed by atoms with Crippen LogP contribution in [0.2, 0.25) is 0 Å². The van der Waals surface area contributed by atoms with E-state index >= 15 is 0 Å². The van der Waals surface area contributed by atoms with Crippen LogP contribution in [0.15, 0.2) is 29.1 Å². The van der Waals surface area contributed by atoms with Crippen LogP contribution < -0.4 is 10.6 Å². The van der Waals surface area contributed by atoms with Gasteiger partial charge in [-0.3, -0.25) is 14.9 Å². The number of thiazole rings is 2. The molecule has 0 spiro atoms. The molecule has 4 rings (SSSR count). The second-order valence-corrected chi connectivity index (χ2v) is 7.61. The SMILES string of the molecule is CCc1ncsc1C(=O)Nc1nc(-c2ccc3c(c2)CCC(=O)N3)cs1. The van der Waals surface area contributed by atoms with Crippen LogP contribution in [0.25, 0.3) is 11.3 Å². The lowest BCUT2D eigenvalue weighted by Crippen LogP contribution is -2.18. The van der Waals surface area contributed by atoms with Crippen LogP contribution >= 0.6 is 22.7 Å². The number of carbonyl (C=O) groups is 2. The van der Waals surface area contributed by atoms with Gasteiger partial charge in [-0.05, 0) is 30.5 Å². The molecule has 1 aliphatic heterocycles. The molecule has 0 atom stereocenters. The minimum absolute atomic E-state index is 0.0541. The molecule has 2 aromatic heterocycles. The fourth-order valence-corrected chi connectivity index (χ4v) is 4.36. The average Bonchev–Trinajstić information content (AvgIpc) is 3.30. The van der Waals surface area contributed by atoms with Crippen molar-refractivity contribution in [1.29, 1.82) is 0 Å². The lowest BCUT2D eigenvalue weighted by molar-refractivity contribution is -0.116. The second kappa shape index (κ2) is 6.97. The fourth-order valence-electron chi connectivity index (χ4n) is 2.87. The lowest BCUT2D eigenvalue weighted by atomic mass is 9.99. The number of aryl methyl sites for hydroxylation is 2. The Morgan fingerprint density at radius 3 is 3.04 bits per heavy atom. The molecule has 0 aliphatic carbocycles. The first-order valence-corrected chi connectivity index (χ1v) is 10.0. The normalized spacial score (nSPS) is 13.2. The summed E-state index contributed by atoms with van der Waals surface area (Å²) in [5.41, 5.74) is 6.26. The molecule has 0 fully saturated rings. The molecule has 6 nitrogen and oxygen atoms in total. The van der Waals surface area contributed by atoms with Crippen molar-refractivity contribution in [2.75, 3.05) is 10.6 Å². The largest absolute Gasteiger partial charge is 0.326 e. The smallest absolute Gasteiger partial charge is 0.269 e. The van der Waals surface area contributed by atoms with Gasteiger partial charge in [0.05, 0.1) is 16.9 Å². The number of aromatic nitrogens is 2. The quantitative estimate of drug-likeness (QED) is 0.713. The summed E-state index contributed by atoms with van der Waals surface area (Å²) in [5.74, 6) is -0.114. The molecular formula is C18H16N4O2S2. The molecule has 0 saturated heterocycles. The molecule has 0 bridgehead atoms. The van der Waals surface area contributed by atoms with Gasteiger partial charge >= 0.3 is 0 Å². The zero-order valence-electron chi connectivity index (χ0n) is 14.0. The van der Waals surface area contributed by atoms with E-state index in [1.165, 1.54) is 22.7 Å². The Bertz CT molecular complexity index is 993. The monoisotopic (exact) mass is 384 g/mol. The standard InChI is InChI=1S/C18H16N4O2S2/c1-2-12-16(26-9-19-12)17(24)22-18-21-14(8-25-18)11-3-5-13-10(7-11)4-6-15(23)20-13/h3,5,7-9H,2,4,6H2,1H3,(H,20,23)(H,21,22,24). The third kappa shape index (κ3) is 3.25. The molecule has 3 aromatic rings. The van der Waals surface area contributed by atoms with Crippen molar-refractivity contribution >= 4 is 45.3 Å². The Hall–Kier alpha value is -2.58. The maximum absolute atomic E-state index is 12.4. The summed E-state index contributed by atoms with van der Waals surface area (Å²) in [6.45, 7) is 1.98. The fraction of sp³-hybridized carbons (Fsp3) is 0.222. The molecular weight excluding hydrogens is 368 g/mol. The van der Waals surface area contributed by atoms with E-state index in [0.717, 1.165) is 41.0 Å². The number of rotatable bonds is 4. The molecule has 3 heterocycles. The number of hydrogen-bond acceptors (Lipinski definition) is 6. The molecule has 2 N–H and O–H groups in total. The van der Waals surface area contributed by atoms with Crippen molar-refractivity contribution in [1.82, 2.24) is 9.97 Å². The molecule has 1 aromatic carbocycles. The highest BCUT2D eigenvalue weighted by atomic mass is 32.1. The van der Waals surface area contributed by atoms with E-state index in [4.69, 9.17) is 0 Å². The average molecular weight is 384 g/mol. The Morgan fingerprint density at radius 2 is 2.19 bits per heavy atom. The molecule has 0 radical (unpaired) electrons. The van der Waals surface area contributed by atoms with E-state index < -0.39 is 0 Å². The minimum atomic E-state index is -0.168. The first-order valence-electron chi connectivity index (χ1n) is 8.26. The van der Waals surface area contributed by atoms with Gasteiger partial charge < -0.3 is 5.32 Å². The zero-order valence-corrected chi connectivity index (χ0v) is 15.7. The van der Waals surface area contributed by atoms with Crippen molar-refractivity contribution in [3.63, 3.8) is 0 Å². The third-order valence-electron chi connectivity index (χ3n) is 4.20. The van der Waals surface area contributed by atoms with Crippen LogP contribution in [0.3, 0.4) is 0 Å². The van der Waals surface area contributed by atoms with Gasteiger partial charge in [0, 0.05) is 23.1 Å². The summed E-state index contributed by atoms with van der Waals surface area (Å²) in [6.07, 6.45) is 1.96. The van der Waals surface area contributed by atoms with Gasteiger partial charge in [0.25, 0.3) is 5.91 Å². The summed E-state index contributed by atoms with van der Waals surface area (Å²) in [4.78, 5) is 33.2. The summed E-state index contributed by atoms with van der Waals surface area (Å²) >= 11 is 2.73. The van der Waals surface area contributed by atoms with Crippen molar-refractivity contribution in [2.24, 2.45) is 0 Å². The highest BCUT2D eigenvalue weighted by Crippen LogP contribution is 2.31. The van der Waals surface area contributed by atoms with Crippen molar-refractivity contribution in [2.45, 2.75) is 26.2 Å². The van der Waals surface area contributed by atoms with Gasteiger partial charge in [-0.25, -0.2) is 9.97 Å². The summed E-state index contributed by atoms with van der Waals surface area (Å²) in [5, 5.41) is 8.22. The van der Waals surface area contributed by atoms with Gasteiger partial charge in [0.1, 0.15) is 4.88 Å². The first kappa shape index (κ1) is 16.9. The molecule has 132 valence electrons. The topological polar surface area (TPSA) is 84.0 Å². The van der Waals surface area contributed by atoms with E-state index in [0.29, 0.717) is 16.4 Å². The van der Waals surface area contributed by atoms with Gasteiger partial charge in [-0.1, -0.05) is 13.0 Å². The Morgan fingerprint density at radius 1 is 1.31 bits per heavy atom. The Balaban J connectivity index is 1.53. The predicted octanol–water partition coefficient (Wildman–Crippen LogP) is 3.97. The summed E-state index contributed by atoms with van der Waals surface area (Å²) in [6, 6.07) is 5.89. The van der Waals surface area contributed by atoms with E-state index in [1.54, 1.807) is 5.51 Å². The van der Waals surface area contributed by atoms with E-state index in [2.05, 4.69) is 20.6 Å². The van der Waals surface area contributed by atoms with E-state index in [9.17, 15) is 9.59 Å². The molecule has 0 unspecified atom stereocenters. The van der Waals surface area contributed by atoms with E-state index in [-0.39, 0.29) is 11.8 Å². The van der Waals surface area contributed by atoms with Crippen molar-refractivity contribution in [3.05, 3.63) is 45.2 Å². The molecule has 26 heavy (non-hydrogen) atoms. The molecule has 8 heteroatoms. The number of nitrogens with one attached hydrogen (secondary N) is 2. The van der Waals surface area contributed by atoms with Crippen LogP contribution in [-0.2, 0) is 17.6 Å². The van der Waals surface area contributed by atoms with Crippen molar-refractivity contribution < 1.29 is 9.59 Å². The number of hydrogen-bond donors (Lipinski definition) is 2. The van der Waals surface area contributed by atoms with Gasteiger partial charge in [-0.15, -0.1) is 22.7 Å². The maximum atomic E-state index is 12.4. The zero-order chi connectivity index (χ0) is 18.1. The van der Waals surface area contributed by atoms with Gasteiger partial charge in [0.2, 0.25) is 5.91 Å².